The van der Waals surface area contributed by atoms with Gasteiger partial charge in [-0.25, -0.2) is 9.97 Å². The van der Waals surface area contributed by atoms with E-state index in [2.05, 4.69) is 19.9 Å². The molecular formula is C19H14N6O2. The van der Waals surface area contributed by atoms with Crippen LogP contribution in [0.4, 0.5) is 0 Å². The molecule has 0 aromatic carbocycles. The highest BCUT2D eigenvalue weighted by atomic mass is 16.2. The molecule has 3 aromatic rings. The van der Waals surface area contributed by atoms with Crippen molar-refractivity contribution in [3.63, 3.8) is 0 Å². The van der Waals surface area contributed by atoms with Gasteiger partial charge in [0.25, 0.3) is 11.5 Å². The van der Waals surface area contributed by atoms with Crippen LogP contribution in [0.2, 0.25) is 0 Å². The molecule has 0 unspecified atom stereocenters. The molecule has 0 bridgehead atoms. The number of H-pyrrole nitrogens is 1. The van der Waals surface area contributed by atoms with Crippen LogP contribution in [-0.4, -0.2) is 37.3 Å². The molecule has 0 atom stereocenters. The summed E-state index contributed by atoms with van der Waals surface area (Å²) < 4.78 is 0. The summed E-state index contributed by atoms with van der Waals surface area (Å²) in [6, 6.07) is 8.59. The van der Waals surface area contributed by atoms with Crippen molar-refractivity contribution in [3.8, 4) is 17.5 Å². The van der Waals surface area contributed by atoms with Gasteiger partial charge < -0.3 is 9.88 Å². The molecular weight excluding hydrogens is 344 g/mol. The quantitative estimate of drug-likeness (QED) is 0.738. The van der Waals surface area contributed by atoms with Crippen LogP contribution in [0.3, 0.4) is 0 Å². The summed E-state index contributed by atoms with van der Waals surface area (Å²) in [6.07, 6.45) is 5.09. The number of hydrogen-bond donors (Lipinski definition) is 1. The maximum Gasteiger partial charge on any atom is 0.255 e. The third-order valence-electron chi connectivity index (χ3n) is 4.42. The summed E-state index contributed by atoms with van der Waals surface area (Å²) >= 11 is 0. The Hall–Kier alpha value is -3.86. The molecule has 27 heavy (non-hydrogen) atoms. The van der Waals surface area contributed by atoms with Gasteiger partial charge >= 0.3 is 0 Å². The van der Waals surface area contributed by atoms with E-state index in [4.69, 9.17) is 5.26 Å². The number of fused-ring (bicyclic) bond motifs is 1. The number of aromatic amines is 1. The Morgan fingerprint density at radius 2 is 2.15 bits per heavy atom. The van der Waals surface area contributed by atoms with Crippen molar-refractivity contribution >= 4 is 5.91 Å². The minimum atomic E-state index is -0.206. The van der Waals surface area contributed by atoms with Crippen LogP contribution in [0, 0.1) is 11.3 Å². The lowest BCUT2D eigenvalue weighted by molar-refractivity contribution is 0.0731. The summed E-state index contributed by atoms with van der Waals surface area (Å²) in [6.45, 7) is 0.661. The fraction of sp³-hybridized carbons (Fsp3) is 0.158. The zero-order chi connectivity index (χ0) is 18.8. The molecule has 4 heterocycles. The van der Waals surface area contributed by atoms with Crippen LogP contribution < -0.4 is 5.56 Å². The predicted octanol–water partition coefficient (Wildman–Crippen LogP) is 1.30. The second-order valence-electron chi connectivity index (χ2n) is 6.10. The Bertz CT molecular complexity index is 1100. The number of nitrogens with zero attached hydrogens (tertiary/aromatic N) is 5. The second-order valence-corrected chi connectivity index (χ2v) is 6.10. The molecule has 0 spiro atoms. The summed E-state index contributed by atoms with van der Waals surface area (Å²) in [5.74, 6) is 0.226. The van der Waals surface area contributed by atoms with Gasteiger partial charge in [0.2, 0.25) is 0 Å². The number of carbonyl (C=O) groups is 1. The van der Waals surface area contributed by atoms with Crippen molar-refractivity contribution in [2.24, 2.45) is 0 Å². The molecule has 0 fully saturated rings. The molecule has 0 saturated heterocycles. The Kier molecular flexibility index (Phi) is 4.18. The van der Waals surface area contributed by atoms with E-state index in [1.165, 1.54) is 12.3 Å². The molecule has 1 amide bonds. The van der Waals surface area contributed by atoms with Gasteiger partial charge in [-0.15, -0.1) is 0 Å². The highest BCUT2D eigenvalue weighted by Crippen LogP contribution is 2.19. The number of aromatic nitrogens is 4. The van der Waals surface area contributed by atoms with Crippen molar-refractivity contribution in [2.75, 3.05) is 6.54 Å². The minimum Gasteiger partial charge on any atom is -0.332 e. The maximum atomic E-state index is 12.7. The van der Waals surface area contributed by atoms with Gasteiger partial charge in [0.15, 0.2) is 0 Å². The van der Waals surface area contributed by atoms with E-state index >= 15 is 0 Å². The highest BCUT2D eigenvalue weighted by Gasteiger charge is 2.25. The molecule has 8 nitrogen and oxygen atoms in total. The molecule has 0 aliphatic carbocycles. The van der Waals surface area contributed by atoms with Crippen LogP contribution >= 0.6 is 0 Å². The van der Waals surface area contributed by atoms with Crippen molar-refractivity contribution in [1.82, 2.24) is 24.8 Å². The molecule has 1 aliphatic heterocycles. The Balaban J connectivity index is 1.64. The van der Waals surface area contributed by atoms with E-state index < -0.39 is 0 Å². The van der Waals surface area contributed by atoms with Crippen molar-refractivity contribution in [3.05, 3.63) is 75.7 Å². The van der Waals surface area contributed by atoms with Gasteiger partial charge in [0, 0.05) is 36.3 Å². The van der Waals surface area contributed by atoms with Crippen LogP contribution in [0.5, 0.6) is 0 Å². The van der Waals surface area contributed by atoms with Gasteiger partial charge in [-0.3, -0.25) is 14.6 Å². The number of nitrogens with one attached hydrogen (secondary N) is 1. The van der Waals surface area contributed by atoms with E-state index in [0.29, 0.717) is 41.2 Å². The zero-order valence-electron chi connectivity index (χ0n) is 14.2. The third-order valence-corrected chi connectivity index (χ3v) is 4.42. The van der Waals surface area contributed by atoms with Gasteiger partial charge in [-0.1, -0.05) is 0 Å². The first-order valence-corrected chi connectivity index (χ1v) is 8.33. The number of amides is 1. The van der Waals surface area contributed by atoms with Crippen molar-refractivity contribution < 1.29 is 4.79 Å². The zero-order valence-corrected chi connectivity index (χ0v) is 14.2. The third kappa shape index (κ3) is 3.18. The minimum absolute atomic E-state index is 0.189. The number of rotatable bonds is 2. The highest BCUT2D eigenvalue weighted by molar-refractivity contribution is 5.94. The smallest absolute Gasteiger partial charge is 0.255 e. The van der Waals surface area contributed by atoms with Gasteiger partial charge in [-0.2, -0.15) is 5.26 Å². The van der Waals surface area contributed by atoms with E-state index in [1.807, 2.05) is 12.1 Å². The fourth-order valence-electron chi connectivity index (χ4n) is 3.02. The van der Waals surface area contributed by atoms with E-state index in [1.54, 1.807) is 29.4 Å². The normalized spacial score (nSPS) is 12.9. The number of hydrogen-bond acceptors (Lipinski definition) is 6. The molecule has 4 rings (SSSR count). The molecule has 3 aromatic heterocycles. The molecule has 0 radical (unpaired) electrons. The SMILES string of the molecule is N#Cc1ccc(C(=O)N2CCc3c(nc(-c4cccnc4)[nH]c3=O)C2)cn1. The van der Waals surface area contributed by atoms with E-state index in [0.717, 1.165) is 0 Å². The van der Waals surface area contributed by atoms with Gasteiger partial charge in [0.1, 0.15) is 17.6 Å². The van der Waals surface area contributed by atoms with Gasteiger partial charge in [-0.05, 0) is 30.7 Å². The second kappa shape index (κ2) is 6.80. The van der Waals surface area contributed by atoms with Gasteiger partial charge in [0.05, 0.1) is 17.8 Å². The van der Waals surface area contributed by atoms with Crippen LogP contribution in [-0.2, 0) is 13.0 Å². The summed E-state index contributed by atoms with van der Waals surface area (Å²) in [7, 11) is 0. The first-order chi connectivity index (χ1) is 13.2. The molecule has 132 valence electrons. The standard InChI is InChI=1S/C19H14N6O2/c20-8-14-4-3-13(10-22-14)19(27)25-7-5-15-16(11-25)23-17(24-18(15)26)12-2-1-6-21-9-12/h1-4,6,9-10H,5,7,11H2,(H,23,24,26). The Labute approximate surface area is 154 Å². The lowest BCUT2D eigenvalue weighted by Crippen LogP contribution is -2.39. The van der Waals surface area contributed by atoms with Crippen LogP contribution in [0.25, 0.3) is 11.4 Å². The number of carbonyl (C=O) groups excluding carboxylic acids is 1. The first kappa shape index (κ1) is 16.6. The first-order valence-electron chi connectivity index (χ1n) is 8.33. The molecule has 8 heteroatoms. The largest absolute Gasteiger partial charge is 0.332 e. The molecule has 1 aliphatic rings. The lowest BCUT2D eigenvalue weighted by atomic mass is 10.1. The summed E-state index contributed by atoms with van der Waals surface area (Å²) in [5.41, 5.74) is 2.35. The summed E-state index contributed by atoms with van der Waals surface area (Å²) in [4.78, 5) is 42.1. The van der Waals surface area contributed by atoms with Crippen molar-refractivity contribution in [1.29, 1.82) is 5.26 Å². The lowest BCUT2D eigenvalue weighted by Gasteiger charge is -2.27. The predicted molar refractivity (Wildman–Crippen MR) is 95.5 cm³/mol. The number of nitriles is 1. The Morgan fingerprint density at radius 3 is 2.85 bits per heavy atom. The average molecular weight is 358 g/mol. The van der Waals surface area contributed by atoms with E-state index in [-0.39, 0.29) is 23.7 Å². The number of pyridine rings is 2. The average Bonchev–Trinajstić information content (AvgIpc) is 2.73. The summed E-state index contributed by atoms with van der Waals surface area (Å²) in [5, 5.41) is 8.82. The van der Waals surface area contributed by atoms with Crippen molar-refractivity contribution in [2.45, 2.75) is 13.0 Å². The maximum absolute atomic E-state index is 12.7. The monoisotopic (exact) mass is 358 g/mol. The molecule has 1 N–H and O–H groups in total. The van der Waals surface area contributed by atoms with Crippen LogP contribution in [0.15, 0.2) is 47.7 Å². The topological polar surface area (TPSA) is 116 Å². The van der Waals surface area contributed by atoms with E-state index in [9.17, 15) is 9.59 Å². The fourth-order valence-corrected chi connectivity index (χ4v) is 3.02. The van der Waals surface area contributed by atoms with Crippen LogP contribution in [0.1, 0.15) is 27.3 Å². The molecule has 0 saturated carbocycles. The Morgan fingerprint density at radius 1 is 1.26 bits per heavy atom.